The van der Waals surface area contributed by atoms with Crippen molar-refractivity contribution in [3.05, 3.63) is 95.0 Å². The second kappa shape index (κ2) is 13.2. The Balaban J connectivity index is 1.44. The van der Waals surface area contributed by atoms with E-state index in [9.17, 15) is 13.8 Å². The Morgan fingerprint density at radius 1 is 0.949 bits per heavy atom. The lowest BCUT2D eigenvalue weighted by atomic mass is 10.1. The number of aromatic nitrogens is 1. The van der Waals surface area contributed by atoms with Gasteiger partial charge in [-0.25, -0.2) is 9.37 Å². The smallest absolute Gasteiger partial charge is 0.335 e. The normalized spacial score (nSPS) is 11.5. The Labute approximate surface area is 231 Å². The van der Waals surface area contributed by atoms with Gasteiger partial charge in [0.1, 0.15) is 17.3 Å². The number of carbonyl (C=O) groups is 1. The van der Waals surface area contributed by atoms with Crippen molar-refractivity contribution in [1.29, 1.82) is 0 Å². The predicted molar refractivity (Wildman–Crippen MR) is 150 cm³/mol. The summed E-state index contributed by atoms with van der Waals surface area (Å²) in [6, 6.07) is 20.1. The average molecular weight is 571 g/mol. The van der Waals surface area contributed by atoms with Crippen LogP contribution in [0.25, 0.3) is 22.7 Å². The van der Waals surface area contributed by atoms with Gasteiger partial charge in [0, 0.05) is 34.7 Å². The number of hydrogen-bond donors (Lipinski definition) is 1. The number of halogens is 2. The van der Waals surface area contributed by atoms with Gasteiger partial charge in [-0.15, -0.1) is 0 Å². The van der Waals surface area contributed by atoms with E-state index in [1.165, 1.54) is 12.1 Å². The molecule has 1 N–H and O–H groups in total. The molecule has 1 amide bonds. The van der Waals surface area contributed by atoms with Gasteiger partial charge in [0.25, 0.3) is 0 Å². The molecule has 39 heavy (non-hydrogen) atoms. The molecule has 3 aromatic carbocycles. The van der Waals surface area contributed by atoms with Crippen LogP contribution in [0.4, 0.5) is 10.1 Å². The Hall–Kier alpha value is -3.29. The Morgan fingerprint density at radius 3 is 2.18 bits per heavy atom. The second-order valence-electron chi connectivity index (χ2n) is 8.65. The number of benzene rings is 3. The summed E-state index contributed by atoms with van der Waals surface area (Å²) in [5, 5.41) is 3.46. The third-order valence-corrected chi connectivity index (χ3v) is 8.06. The molecule has 4 aromatic rings. The number of rotatable bonds is 12. The standard InChI is InChI=1S/C29H29ClFN2O5P/c1-3-36-39(35,37-4-2)19-20-5-15-25(16-6-20)32-27(34)18-17-26-28(21-7-11-23(30)12-8-21)33-29(38-26)22-9-13-24(31)14-10-22/h5-16H,3-4,17-19H2,1-2H3,(H,32,34). The summed E-state index contributed by atoms with van der Waals surface area (Å²) in [5.74, 6) is 0.302. The molecule has 10 heteroatoms. The van der Waals surface area contributed by atoms with Crippen LogP contribution in [0.1, 0.15) is 31.6 Å². The molecule has 204 valence electrons. The zero-order valence-electron chi connectivity index (χ0n) is 21.7. The minimum Gasteiger partial charge on any atom is -0.440 e. The van der Waals surface area contributed by atoms with E-state index >= 15 is 0 Å². The van der Waals surface area contributed by atoms with Crippen LogP contribution in [-0.4, -0.2) is 24.1 Å². The summed E-state index contributed by atoms with van der Waals surface area (Å²) in [7, 11) is -3.21. The third-order valence-electron chi connectivity index (χ3n) is 5.75. The van der Waals surface area contributed by atoms with Crippen LogP contribution in [0.5, 0.6) is 0 Å². The Kier molecular flexibility index (Phi) is 9.70. The highest BCUT2D eigenvalue weighted by Gasteiger charge is 2.24. The van der Waals surface area contributed by atoms with E-state index in [-0.39, 0.29) is 24.3 Å². The fourth-order valence-electron chi connectivity index (χ4n) is 3.96. The molecule has 1 heterocycles. The fourth-order valence-corrected chi connectivity index (χ4v) is 5.79. The minimum absolute atomic E-state index is 0.143. The number of carbonyl (C=O) groups excluding carboxylic acids is 1. The van der Waals surface area contributed by atoms with Crippen molar-refractivity contribution in [2.45, 2.75) is 32.9 Å². The van der Waals surface area contributed by atoms with E-state index in [4.69, 9.17) is 25.1 Å². The zero-order chi connectivity index (χ0) is 27.8. The van der Waals surface area contributed by atoms with E-state index < -0.39 is 7.60 Å². The average Bonchev–Trinajstić information content (AvgIpc) is 3.34. The highest BCUT2D eigenvalue weighted by atomic mass is 35.5. The molecule has 0 spiro atoms. The largest absolute Gasteiger partial charge is 0.440 e. The number of anilines is 1. The molecular formula is C29H29ClFN2O5P. The van der Waals surface area contributed by atoms with Gasteiger partial charge < -0.3 is 18.8 Å². The molecule has 0 fully saturated rings. The lowest BCUT2D eigenvalue weighted by Crippen LogP contribution is -2.12. The third kappa shape index (κ3) is 7.87. The summed E-state index contributed by atoms with van der Waals surface area (Å²) in [6.45, 7) is 4.12. The Bertz CT molecular complexity index is 1430. The van der Waals surface area contributed by atoms with Crippen molar-refractivity contribution in [3.63, 3.8) is 0 Å². The van der Waals surface area contributed by atoms with Crippen LogP contribution in [0, 0.1) is 5.82 Å². The number of oxazole rings is 1. The molecule has 0 bridgehead atoms. The number of amides is 1. The molecule has 4 rings (SSSR count). The van der Waals surface area contributed by atoms with Gasteiger partial charge in [0.15, 0.2) is 0 Å². The van der Waals surface area contributed by atoms with Crippen LogP contribution >= 0.6 is 19.2 Å². The molecule has 0 aliphatic rings. The maximum Gasteiger partial charge on any atom is 0.335 e. The molecule has 0 saturated heterocycles. The quantitative estimate of drug-likeness (QED) is 0.173. The summed E-state index contributed by atoms with van der Waals surface area (Å²) in [6.07, 6.45) is 0.588. The van der Waals surface area contributed by atoms with Crippen LogP contribution in [0.15, 0.2) is 77.2 Å². The van der Waals surface area contributed by atoms with E-state index in [0.29, 0.717) is 53.3 Å². The van der Waals surface area contributed by atoms with Gasteiger partial charge in [-0.1, -0.05) is 35.9 Å². The van der Waals surface area contributed by atoms with Crippen LogP contribution < -0.4 is 5.32 Å². The van der Waals surface area contributed by atoms with Crippen molar-refractivity contribution in [1.82, 2.24) is 4.98 Å². The highest BCUT2D eigenvalue weighted by molar-refractivity contribution is 7.53. The molecular weight excluding hydrogens is 542 g/mol. The van der Waals surface area contributed by atoms with E-state index in [1.54, 1.807) is 62.4 Å². The first-order valence-electron chi connectivity index (χ1n) is 12.6. The first-order valence-corrected chi connectivity index (χ1v) is 14.7. The van der Waals surface area contributed by atoms with E-state index in [0.717, 1.165) is 11.1 Å². The lowest BCUT2D eigenvalue weighted by Gasteiger charge is -2.17. The van der Waals surface area contributed by atoms with Crippen LogP contribution in [-0.2, 0) is 31.0 Å². The summed E-state index contributed by atoms with van der Waals surface area (Å²) >= 11 is 6.05. The van der Waals surface area contributed by atoms with Crippen LogP contribution in [0.3, 0.4) is 0 Å². The molecule has 0 aliphatic heterocycles. The van der Waals surface area contributed by atoms with Gasteiger partial charge in [-0.2, -0.15) is 0 Å². The van der Waals surface area contributed by atoms with Crippen molar-refractivity contribution in [3.8, 4) is 22.7 Å². The number of nitrogens with one attached hydrogen (secondary N) is 1. The second-order valence-corrected chi connectivity index (χ2v) is 11.1. The lowest BCUT2D eigenvalue weighted by molar-refractivity contribution is -0.116. The van der Waals surface area contributed by atoms with Gasteiger partial charge in [-0.3, -0.25) is 9.36 Å². The van der Waals surface area contributed by atoms with Crippen molar-refractivity contribution < 1.29 is 27.2 Å². The monoisotopic (exact) mass is 570 g/mol. The first kappa shape index (κ1) is 28.7. The molecule has 0 saturated carbocycles. The fraction of sp³-hybridized carbons (Fsp3) is 0.241. The molecule has 0 atom stereocenters. The molecule has 7 nitrogen and oxygen atoms in total. The number of nitrogens with zero attached hydrogens (tertiary/aromatic N) is 1. The van der Waals surface area contributed by atoms with Crippen molar-refractivity contribution >= 4 is 30.8 Å². The molecule has 0 aliphatic carbocycles. The maximum absolute atomic E-state index is 13.4. The van der Waals surface area contributed by atoms with Gasteiger partial charge >= 0.3 is 7.60 Å². The van der Waals surface area contributed by atoms with Gasteiger partial charge in [0.2, 0.25) is 11.8 Å². The number of aryl methyl sites for hydroxylation is 1. The van der Waals surface area contributed by atoms with Gasteiger partial charge in [0.05, 0.1) is 19.4 Å². The molecule has 0 radical (unpaired) electrons. The summed E-state index contributed by atoms with van der Waals surface area (Å²) in [5.41, 5.74) is 3.39. The number of hydrogen-bond acceptors (Lipinski definition) is 6. The zero-order valence-corrected chi connectivity index (χ0v) is 23.3. The predicted octanol–water partition coefficient (Wildman–Crippen LogP) is 8.14. The molecule has 1 aromatic heterocycles. The Morgan fingerprint density at radius 2 is 1.56 bits per heavy atom. The minimum atomic E-state index is -3.21. The topological polar surface area (TPSA) is 90.7 Å². The van der Waals surface area contributed by atoms with E-state index in [2.05, 4.69) is 10.3 Å². The SMILES string of the molecule is CCOP(=O)(Cc1ccc(NC(=O)CCc2oc(-c3ccc(F)cc3)nc2-c2ccc(Cl)cc2)cc1)OCC. The van der Waals surface area contributed by atoms with Crippen molar-refractivity contribution in [2.24, 2.45) is 0 Å². The van der Waals surface area contributed by atoms with Crippen LogP contribution in [0.2, 0.25) is 5.02 Å². The van der Waals surface area contributed by atoms with E-state index in [1.807, 2.05) is 12.1 Å². The first-order chi connectivity index (χ1) is 18.8. The molecule has 0 unspecified atom stereocenters. The van der Waals surface area contributed by atoms with Gasteiger partial charge in [-0.05, 0) is 67.9 Å². The van der Waals surface area contributed by atoms with Crippen molar-refractivity contribution in [2.75, 3.05) is 18.5 Å². The highest BCUT2D eigenvalue weighted by Crippen LogP contribution is 2.51. The summed E-state index contributed by atoms with van der Waals surface area (Å²) < 4.78 is 42.9. The maximum atomic E-state index is 13.4. The summed E-state index contributed by atoms with van der Waals surface area (Å²) in [4.78, 5) is 17.4.